The van der Waals surface area contributed by atoms with Crippen molar-refractivity contribution in [1.82, 2.24) is 4.90 Å². The summed E-state index contributed by atoms with van der Waals surface area (Å²) in [5.74, 6) is -2.44. The van der Waals surface area contributed by atoms with Crippen LogP contribution in [0.3, 0.4) is 0 Å². The SMILES string of the molecule is CC(CN1CCC2(CC1)COc1cc(OCc3c(Cl)cccc3C3CC3)ccc12)C(=O)OC(=O)C(F)(F)F. The molecule has 1 atom stereocenters. The van der Waals surface area contributed by atoms with Crippen molar-refractivity contribution in [3.05, 3.63) is 58.1 Å². The van der Waals surface area contributed by atoms with Crippen molar-refractivity contribution in [3.8, 4) is 11.5 Å². The molecule has 2 aromatic rings. The quantitative estimate of drug-likeness (QED) is 0.320. The van der Waals surface area contributed by atoms with Gasteiger partial charge in [-0.25, -0.2) is 4.79 Å². The van der Waals surface area contributed by atoms with Crippen LogP contribution in [0.4, 0.5) is 13.2 Å². The summed E-state index contributed by atoms with van der Waals surface area (Å²) < 4.78 is 53.3. The van der Waals surface area contributed by atoms with Crippen molar-refractivity contribution in [2.24, 2.45) is 5.92 Å². The molecular weight excluding hydrogens is 523 g/mol. The Kier molecular flexibility index (Phi) is 7.35. The normalized spacial score (nSPS) is 19.5. The van der Waals surface area contributed by atoms with Crippen molar-refractivity contribution < 1.29 is 37.0 Å². The Morgan fingerprint density at radius 2 is 1.92 bits per heavy atom. The van der Waals surface area contributed by atoms with Crippen molar-refractivity contribution in [3.63, 3.8) is 0 Å². The van der Waals surface area contributed by atoms with Gasteiger partial charge in [0, 0.05) is 34.2 Å². The number of benzene rings is 2. The van der Waals surface area contributed by atoms with Gasteiger partial charge in [0.15, 0.2) is 0 Å². The fourth-order valence-electron chi connectivity index (χ4n) is 5.39. The Morgan fingerprint density at radius 1 is 1.18 bits per heavy atom. The third-order valence-electron chi connectivity index (χ3n) is 7.76. The topological polar surface area (TPSA) is 65.1 Å². The second kappa shape index (κ2) is 10.4. The summed E-state index contributed by atoms with van der Waals surface area (Å²) >= 11 is 6.46. The van der Waals surface area contributed by atoms with Crippen LogP contribution in [0.1, 0.15) is 55.2 Å². The van der Waals surface area contributed by atoms with Crippen LogP contribution in [0.15, 0.2) is 36.4 Å². The Balaban J connectivity index is 1.17. The van der Waals surface area contributed by atoms with E-state index in [0.717, 1.165) is 29.7 Å². The molecule has 2 aromatic carbocycles. The van der Waals surface area contributed by atoms with Gasteiger partial charge in [-0.1, -0.05) is 36.7 Å². The Hall–Kier alpha value is -2.78. The molecule has 1 saturated carbocycles. The van der Waals surface area contributed by atoms with Gasteiger partial charge in [-0.3, -0.25) is 4.79 Å². The molecular formula is C28H29ClF3NO5. The van der Waals surface area contributed by atoms with Crippen LogP contribution in [0.2, 0.25) is 5.02 Å². The predicted octanol–water partition coefficient (Wildman–Crippen LogP) is 5.79. The van der Waals surface area contributed by atoms with Crippen LogP contribution < -0.4 is 9.47 Å². The molecule has 0 amide bonds. The number of likely N-dealkylation sites (tertiary alicyclic amines) is 1. The number of nitrogens with zero attached hydrogens (tertiary/aromatic N) is 1. The summed E-state index contributed by atoms with van der Waals surface area (Å²) in [5.41, 5.74) is 3.24. The summed E-state index contributed by atoms with van der Waals surface area (Å²) in [6.45, 7) is 3.88. The van der Waals surface area contributed by atoms with Crippen LogP contribution in [0.25, 0.3) is 0 Å². The van der Waals surface area contributed by atoms with Crippen molar-refractivity contribution in [2.45, 2.75) is 56.7 Å². The number of halogens is 4. The molecule has 2 aliphatic heterocycles. The predicted molar refractivity (Wildman–Crippen MR) is 133 cm³/mol. The summed E-state index contributed by atoms with van der Waals surface area (Å²) in [7, 11) is 0. The molecule has 1 saturated heterocycles. The number of carbonyl (C=O) groups is 2. The van der Waals surface area contributed by atoms with E-state index >= 15 is 0 Å². The summed E-state index contributed by atoms with van der Waals surface area (Å²) in [6, 6.07) is 11.9. The van der Waals surface area contributed by atoms with Crippen LogP contribution >= 0.6 is 11.6 Å². The number of hydrogen-bond acceptors (Lipinski definition) is 6. The zero-order chi connectivity index (χ0) is 27.1. The van der Waals surface area contributed by atoms with Crippen LogP contribution in [0, 0.1) is 5.92 Å². The average Bonchev–Trinajstić information content (AvgIpc) is 3.67. The number of alkyl halides is 3. The molecule has 3 aliphatic rings. The lowest BCUT2D eigenvalue weighted by molar-refractivity contribution is -0.203. The number of carbonyl (C=O) groups excluding carboxylic acids is 2. The monoisotopic (exact) mass is 551 g/mol. The molecule has 38 heavy (non-hydrogen) atoms. The van der Waals surface area contributed by atoms with E-state index in [1.807, 2.05) is 35.2 Å². The maximum absolute atomic E-state index is 12.4. The lowest BCUT2D eigenvalue weighted by Crippen LogP contribution is -2.46. The molecule has 2 heterocycles. The van der Waals surface area contributed by atoms with E-state index in [4.69, 9.17) is 21.1 Å². The highest BCUT2D eigenvalue weighted by atomic mass is 35.5. The first-order valence-corrected chi connectivity index (χ1v) is 13.2. The first-order valence-electron chi connectivity index (χ1n) is 12.8. The minimum Gasteiger partial charge on any atom is -0.492 e. The van der Waals surface area contributed by atoms with Crippen LogP contribution in [-0.4, -0.2) is 49.3 Å². The first kappa shape index (κ1) is 26.8. The number of esters is 2. The van der Waals surface area contributed by atoms with E-state index < -0.39 is 24.0 Å². The van der Waals surface area contributed by atoms with E-state index in [1.165, 1.54) is 25.3 Å². The maximum Gasteiger partial charge on any atom is 0.491 e. The molecule has 1 aliphatic carbocycles. The third-order valence-corrected chi connectivity index (χ3v) is 8.11. The molecule has 0 bridgehead atoms. The minimum atomic E-state index is -5.19. The van der Waals surface area contributed by atoms with Gasteiger partial charge in [0.2, 0.25) is 0 Å². The highest BCUT2D eigenvalue weighted by Gasteiger charge is 2.45. The minimum absolute atomic E-state index is 0.164. The van der Waals surface area contributed by atoms with E-state index in [1.54, 1.807) is 0 Å². The molecule has 0 aromatic heterocycles. The van der Waals surface area contributed by atoms with E-state index in [0.29, 0.717) is 43.0 Å². The van der Waals surface area contributed by atoms with E-state index in [2.05, 4.69) is 10.8 Å². The van der Waals surface area contributed by atoms with Gasteiger partial charge >= 0.3 is 18.1 Å². The molecule has 204 valence electrons. The average molecular weight is 552 g/mol. The largest absolute Gasteiger partial charge is 0.492 e. The molecule has 5 rings (SSSR count). The Morgan fingerprint density at radius 3 is 2.61 bits per heavy atom. The van der Waals surface area contributed by atoms with Gasteiger partial charge in [-0.15, -0.1) is 0 Å². The van der Waals surface area contributed by atoms with Crippen LogP contribution in [0.5, 0.6) is 11.5 Å². The van der Waals surface area contributed by atoms with Crippen molar-refractivity contribution >= 4 is 23.5 Å². The zero-order valence-corrected chi connectivity index (χ0v) is 21.7. The van der Waals surface area contributed by atoms with Gasteiger partial charge in [-0.2, -0.15) is 13.2 Å². The summed E-state index contributed by atoms with van der Waals surface area (Å²) in [5, 5.41) is 0.715. The fourth-order valence-corrected chi connectivity index (χ4v) is 5.63. The molecule has 1 unspecified atom stereocenters. The van der Waals surface area contributed by atoms with Crippen LogP contribution in [-0.2, 0) is 26.3 Å². The Bertz CT molecular complexity index is 1220. The standard InChI is InChI=1S/C28H29ClF3NO5/c1-17(25(34)38-26(35)28(30,31)32)14-33-11-9-27(10-12-33)16-37-24-13-19(7-8-22(24)27)36-15-21-20(18-5-6-18)3-2-4-23(21)29/h2-4,7-8,13,17-18H,5-6,9-12,14-16H2,1H3. The third kappa shape index (κ3) is 5.64. The molecule has 6 nitrogen and oxygen atoms in total. The smallest absolute Gasteiger partial charge is 0.491 e. The highest BCUT2D eigenvalue weighted by molar-refractivity contribution is 6.31. The molecule has 0 N–H and O–H groups in total. The van der Waals surface area contributed by atoms with Crippen molar-refractivity contribution in [2.75, 3.05) is 26.2 Å². The van der Waals surface area contributed by atoms with Gasteiger partial charge in [0.05, 0.1) is 12.5 Å². The fraction of sp³-hybridized carbons (Fsp3) is 0.500. The second-order valence-electron chi connectivity index (χ2n) is 10.5. The van der Waals surface area contributed by atoms with Gasteiger partial charge in [0.1, 0.15) is 18.1 Å². The lowest BCUT2D eigenvalue weighted by atomic mass is 9.74. The molecule has 0 radical (unpaired) electrons. The first-order chi connectivity index (χ1) is 18.1. The summed E-state index contributed by atoms with van der Waals surface area (Å²) in [6.07, 6.45) is -1.29. The van der Waals surface area contributed by atoms with E-state index in [-0.39, 0.29) is 12.0 Å². The molecule has 1 spiro atoms. The van der Waals surface area contributed by atoms with E-state index in [9.17, 15) is 22.8 Å². The lowest BCUT2D eigenvalue weighted by Gasteiger charge is -2.39. The highest BCUT2D eigenvalue weighted by Crippen LogP contribution is 2.47. The maximum atomic E-state index is 12.4. The summed E-state index contributed by atoms with van der Waals surface area (Å²) in [4.78, 5) is 24.9. The number of ether oxygens (including phenoxy) is 3. The van der Waals surface area contributed by atoms with Gasteiger partial charge < -0.3 is 19.1 Å². The Labute approximate surface area is 224 Å². The second-order valence-corrected chi connectivity index (χ2v) is 10.9. The number of fused-ring (bicyclic) bond motifs is 2. The zero-order valence-electron chi connectivity index (χ0n) is 21.0. The van der Waals surface area contributed by atoms with Gasteiger partial charge in [-0.05, 0) is 62.4 Å². The van der Waals surface area contributed by atoms with Gasteiger partial charge in [0.25, 0.3) is 0 Å². The molecule has 10 heteroatoms. The number of hydrogen-bond donors (Lipinski definition) is 0. The number of rotatable bonds is 7. The number of piperidine rings is 1. The molecule has 2 fully saturated rings. The van der Waals surface area contributed by atoms with Crippen molar-refractivity contribution in [1.29, 1.82) is 0 Å².